The molecule has 0 aliphatic carbocycles. The first-order valence-electron chi connectivity index (χ1n) is 8.40. The van der Waals surface area contributed by atoms with Gasteiger partial charge in [-0.2, -0.15) is 0 Å². The Morgan fingerprint density at radius 1 is 1.00 bits per heavy atom. The summed E-state index contributed by atoms with van der Waals surface area (Å²) in [5.41, 5.74) is 0. The van der Waals surface area contributed by atoms with Crippen LogP contribution in [-0.2, 0) is 9.47 Å². The average Bonchev–Trinajstić information content (AvgIpc) is 2.48. The highest BCUT2D eigenvalue weighted by Crippen LogP contribution is 2.19. The maximum absolute atomic E-state index is 9.95. The molecule has 4 atom stereocenters. The van der Waals surface area contributed by atoms with Crippen molar-refractivity contribution in [3.63, 3.8) is 0 Å². The third kappa shape index (κ3) is 7.06. The minimum absolute atomic E-state index is 0.102. The van der Waals surface area contributed by atoms with E-state index < -0.39 is 24.4 Å². The molecule has 0 unspecified atom stereocenters. The molecule has 0 aromatic rings. The number of ether oxygens (including phenoxy) is 2. The van der Waals surface area contributed by atoms with Crippen LogP contribution in [0.5, 0.6) is 0 Å². The van der Waals surface area contributed by atoms with Gasteiger partial charge in [-0.15, -0.1) is 0 Å². The van der Waals surface area contributed by atoms with Crippen LogP contribution in [0.1, 0.15) is 58.3 Å². The van der Waals surface area contributed by atoms with E-state index >= 15 is 0 Å². The molecule has 5 heteroatoms. The van der Waals surface area contributed by atoms with Gasteiger partial charge in [-0.3, -0.25) is 0 Å². The summed E-state index contributed by atoms with van der Waals surface area (Å²) < 4.78 is 10.7. The molecule has 0 bridgehead atoms. The van der Waals surface area contributed by atoms with Gasteiger partial charge in [0, 0.05) is 6.61 Å². The van der Waals surface area contributed by atoms with Crippen LogP contribution in [0.25, 0.3) is 0 Å². The molecule has 1 heterocycles. The van der Waals surface area contributed by atoms with E-state index in [2.05, 4.69) is 6.92 Å². The fourth-order valence-corrected chi connectivity index (χ4v) is 2.68. The van der Waals surface area contributed by atoms with E-state index in [0.717, 1.165) is 12.8 Å². The highest BCUT2D eigenvalue weighted by molar-refractivity contribution is 4.87. The Morgan fingerprint density at radius 3 is 2.24 bits per heavy atom. The molecule has 0 aromatic heterocycles. The minimum Gasteiger partial charge on any atom is -0.394 e. The molecule has 5 nitrogen and oxygen atoms in total. The summed E-state index contributed by atoms with van der Waals surface area (Å²) in [6, 6.07) is 0. The largest absolute Gasteiger partial charge is 0.394 e. The lowest BCUT2D eigenvalue weighted by Crippen LogP contribution is -2.55. The standard InChI is InChI=1S/C16H32O5/c1-2-3-4-5-6-7-8-9-10-20-16-13(18)12-21-14(11-17)15(16)19/h13-19H,2-12H2,1H3/t13-,14+,15+,16+/m0/s1. The first-order valence-corrected chi connectivity index (χ1v) is 8.40. The van der Waals surface area contributed by atoms with E-state index in [1.54, 1.807) is 0 Å². The van der Waals surface area contributed by atoms with Gasteiger partial charge < -0.3 is 24.8 Å². The second kappa shape index (κ2) is 11.4. The van der Waals surface area contributed by atoms with Crippen LogP contribution in [0.2, 0.25) is 0 Å². The minimum atomic E-state index is -0.965. The second-order valence-electron chi connectivity index (χ2n) is 5.92. The maximum atomic E-state index is 9.95. The van der Waals surface area contributed by atoms with Gasteiger partial charge in [0.1, 0.15) is 24.4 Å². The van der Waals surface area contributed by atoms with E-state index in [0.29, 0.717) is 6.61 Å². The molecule has 3 N–H and O–H groups in total. The summed E-state index contributed by atoms with van der Waals surface area (Å²) in [4.78, 5) is 0. The van der Waals surface area contributed by atoms with E-state index in [1.165, 1.54) is 38.5 Å². The Hall–Kier alpha value is -0.200. The smallest absolute Gasteiger partial charge is 0.114 e. The van der Waals surface area contributed by atoms with Gasteiger partial charge in [0.2, 0.25) is 0 Å². The van der Waals surface area contributed by atoms with Crippen LogP contribution in [0, 0.1) is 0 Å². The van der Waals surface area contributed by atoms with Crippen molar-refractivity contribution in [2.45, 2.75) is 82.7 Å². The van der Waals surface area contributed by atoms with Crippen LogP contribution in [0.3, 0.4) is 0 Å². The first kappa shape index (κ1) is 18.8. The Morgan fingerprint density at radius 2 is 1.62 bits per heavy atom. The van der Waals surface area contributed by atoms with Crippen molar-refractivity contribution in [2.24, 2.45) is 0 Å². The fraction of sp³-hybridized carbons (Fsp3) is 1.00. The molecule has 1 fully saturated rings. The monoisotopic (exact) mass is 304 g/mol. The molecule has 1 rings (SSSR count). The topological polar surface area (TPSA) is 79.2 Å². The Kier molecular flexibility index (Phi) is 10.2. The van der Waals surface area contributed by atoms with Crippen LogP contribution < -0.4 is 0 Å². The summed E-state index contributed by atoms with van der Waals surface area (Å²) in [7, 11) is 0. The highest BCUT2D eigenvalue weighted by Gasteiger charge is 2.38. The predicted molar refractivity (Wildman–Crippen MR) is 81.2 cm³/mol. The Balaban J connectivity index is 2.05. The molecule has 0 saturated carbocycles. The van der Waals surface area contributed by atoms with Crippen molar-refractivity contribution < 1.29 is 24.8 Å². The van der Waals surface area contributed by atoms with Gasteiger partial charge in [-0.25, -0.2) is 0 Å². The van der Waals surface area contributed by atoms with Gasteiger partial charge in [-0.1, -0.05) is 51.9 Å². The molecular formula is C16H32O5. The number of unbranched alkanes of at least 4 members (excludes halogenated alkanes) is 7. The molecule has 1 aliphatic rings. The lowest BCUT2D eigenvalue weighted by atomic mass is 10.0. The zero-order valence-electron chi connectivity index (χ0n) is 13.2. The molecule has 126 valence electrons. The molecular weight excluding hydrogens is 272 g/mol. The van der Waals surface area contributed by atoms with Gasteiger partial charge in [0.05, 0.1) is 13.2 Å². The molecule has 1 aliphatic heterocycles. The predicted octanol–water partition coefficient (Wildman–Crippen LogP) is 1.63. The number of hydrogen-bond acceptors (Lipinski definition) is 5. The molecule has 0 radical (unpaired) electrons. The van der Waals surface area contributed by atoms with Crippen molar-refractivity contribution in [3.05, 3.63) is 0 Å². The van der Waals surface area contributed by atoms with Crippen LogP contribution in [-0.4, -0.2) is 59.6 Å². The zero-order valence-corrected chi connectivity index (χ0v) is 13.2. The fourth-order valence-electron chi connectivity index (χ4n) is 2.68. The van der Waals surface area contributed by atoms with Crippen molar-refractivity contribution in [1.82, 2.24) is 0 Å². The lowest BCUT2D eigenvalue weighted by molar-refractivity contribution is -0.210. The Bertz CT molecular complexity index is 249. The van der Waals surface area contributed by atoms with Crippen LogP contribution in [0.15, 0.2) is 0 Å². The average molecular weight is 304 g/mol. The van der Waals surface area contributed by atoms with Gasteiger partial charge in [0.15, 0.2) is 0 Å². The van der Waals surface area contributed by atoms with Gasteiger partial charge >= 0.3 is 0 Å². The van der Waals surface area contributed by atoms with Crippen LogP contribution in [0.4, 0.5) is 0 Å². The summed E-state index contributed by atoms with van der Waals surface area (Å²) >= 11 is 0. The highest BCUT2D eigenvalue weighted by atomic mass is 16.6. The van der Waals surface area contributed by atoms with E-state index in [9.17, 15) is 10.2 Å². The molecule has 0 aromatic carbocycles. The zero-order chi connectivity index (χ0) is 15.5. The van der Waals surface area contributed by atoms with Gasteiger partial charge in [-0.05, 0) is 6.42 Å². The quantitative estimate of drug-likeness (QED) is 0.506. The van der Waals surface area contributed by atoms with Crippen molar-refractivity contribution in [1.29, 1.82) is 0 Å². The number of rotatable bonds is 11. The van der Waals surface area contributed by atoms with E-state index in [-0.39, 0.29) is 13.2 Å². The van der Waals surface area contributed by atoms with Crippen LogP contribution >= 0.6 is 0 Å². The Labute approximate surface area is 128 Å². The molecule has 0 amide bonds. The summed E-state index contributed by atoms with van der Waals surface area (Å²) in [5.74, 6) is 0. The summed E-state index contributed by atoms with van der Waals surface area (Å²) in [6.07, 6.45) is 6.69. The molecule has 1 saturated heterocycles. The third-order valence-corrected chi connectivity index (χ3v) is 4.07. The first-order chi connectivity index (χ1) is 10.2. The SMILES string of the molecule is CCCCCCCCCCO[C@H]1[C@H](O)[C@@H](CO)OC[C@@H]1O. The summed E-state index contributed by atoms with van der Waals surface area (Å²) in [6.45, 7) is 2.60. The number of aliphatic hydroxyl groups is 3. The normalized spacial score (nSPS) is 29.7. The maximum Gasteiger partial charge on any atom is 0.114 e. The number of hydrogen-bond donors (Lipinski definition) is 3. The van der Waals surface area contributed by atoms with Gasteiger partial charge in [0.25, 0.3) is 0 Å². The summed E-state index contributed by atoms with van der Waals surface area (Å²) in [5, 5.41) is 28.8. The third-order valence-electron chi connectivity index (χ3n) is 4.07. The lowest BCUT2D eigenvalue weighted by Gasteiger charge is -2.37. The molecule has 21 heavy (non-hydrogen) atoms. The molecule has 0 spiro atoms. The second-order valence-corrected chi connectivity index (χ2v) is 5.92. The van der Waals surface area contributed by atoms with E-state index in [4.69, 9.17) is 14.6 Å². The van der Waals surface area contributed by atoms with Crippen molar-refractivity contribution in [3.8, 4) is 0 Å². The van der Waals surface area contributed by atoms with Crippen molar-refractivity contribution in [2.75, 3.05) is 19.8 Å². The van der Waals surface area contributed by atoms with Crippen molar-refractivity contribution >= 4 is 0 Å². The number of aliphatic hydroxyl groups excluding tert-OH is 3. The van der Waals surface area contributed by atoms with E-state index in [1.807, 2.05) is 0 Å².